The molecule has 0 aliphatic carbocycles. The Bertz CT molecular complexity index is 1370. The van der Waals surface area contributed by atoms with Crippen LogP contribution in [0.3, 0.4) is 0 Å². The zero-order valence-electron chi connectivity index (χ0n) is 16.8. The summed E-state index contributed by atoms with van der Waals surface area (Å²) in [6.07, 6.45) is 0. The molecule has 0 saturated heterocycles. The van der Waals surface area contributed by atoms with Crippen molar-refractivity contribution in [3.63, 3.8) is 0 Å². The van der Waals surface area contributed by atoms with Gasteiger partial charge in [0, 0.05) is 0 Å². The number of hydrogen-bond acceptors (Lipinski definition) is 8. The van der Waals surface area contributed by atoms with Crippen molar-refractivity contribution in [2.75, 3.05) is 11.8 Å². The third-order valence-corrected chi connectivity index (χ3v) is 6.89. The molecule has 164 valence electrons. The first kappa shape index (κ1) is 21.6. The van der Waals surface area contributed by atoms with E-state index >= 15 is 0 Å². The quantitative estimate of drug-likeness (QED) is 0.390. The molecule has 3 aromatic carbocycles. The van der Waals surface area contributed by atoms with E-state index in [-0.39, 0.29) is 22.8 Å². The van der Waals surface area contributed by atoms with E-state index in [2.05, 4.69) is 9.71 Å². The van der Waals surface area contributed by atoms with Gasteiger partial charge in [-0.25, -0.2) is 18.2 Å². The second kappa shape index (κ2) is 8.85. The van der Waals surface area contributed by atoms with Crippen molar-refractivity contribution in [3.8, 4) is 11.5 Å². The maximum atomic E-state index is 12.8. The predicted molar refractivity (Wildman–Crippen MR) is 121 cm³/mol. The van der Waals surface area contributed by atoms with Crippen LogP contribution in [0.2, 0.25) is 0 Å². The number of benzene rings is 3. The number of phenols is 1. The van der Waals surface area contributed by atoms with Crippen molar-refractivity contribution < 1.29 is 27.8 Å². The molecule has 0 saturated carbocycles. The fourth-order valence-electron chi connectivity index (χ4n) is 2.97. The van der Waals surface area contributed by atoms with Crippen molar-refractivity contribution in [1.29, 1.82) is 0 Å². The molecule has 0 radical (unpaired) electrons. The number of nitrogens with one attached hydrogen (secondary N) is 1. The molecule has 0 atom stereocenters. The number of anilines is 1. The number of esters is 1. The van der Waals surface area contributed by atoms with Gasteiger partial charge in [-0.05, 0) is 42.5 Å². The van der Waals surface area contributed by atoms with Gasteiger partial charge in [0.05, 0.1) is 27.9 Å². The minimum atomic E-state index is -4.06. The summed E-state index contributed by atoms with van der Waals surface area (Å²) in [5.41, 5.74) is 0.763. The number of carbonyl (C=O) groups is 1. The highest BCUT2D eigenvalue weighted by Gasteiger charge is 2.21. The Morgan fingerprint density at radius 2 is 1.84 bits per heavy atom. The Hall–Kier alpha value is -3.63. The number of fused-ring (bicyclic) bond motifs is 1. The molecule has 4 rings (SSSR count). The Morgan fingerprint density at radius 1 is 1.09 bits per heavy atom. The standard InChI is InChI=1S/C22H18N2O6S2/c1-29-19-8-4-2-6-16(19)24-32(27,28)14-10-11-18(25)15(12-14)22(26)30-13-21-23-17-7-3-5-9-20(17)31-21/h2-12,24-25H,13H2,1H3. The van der Waals surface area contributed by atoms with Crippen LogP contribution >= 0.6 is 11.3 Å². The second-order valence-electron chi connectivity index (χ2n) is 6.64. The largest absolute Gasteiger partial charge is 0.507 e. The maximum Gasteiger partial charge on any atom is 0.342 e. The molecular formula is C22H18N2O6S2. The summed E-state index contributed by atoms with van der Waals surface area (Å²) >= 11 is 1.38. The molecule has 0 bridgehead atoms. The highest BCUT2D eigenvalue weighted by Crippen LogP contribution is 2.29. The maximum absolute atomic E-state index is 12.8. The van der Waals surface area contributed by atoms with Crippen molar-refractivity contribution in [1.82, 2.24) is 4.98 Å². The number of sulfonamides is 1. The highest BCUT2D eigenvalue weighted by atomic mass is 32.2. The molecule has 2 N–H and O–H groups in total. The van der Waals surface area contributed by atoms with Crippen molar-refractivity contribution >= 4 is 43.2 Å². The first-order valence-electron chi connectivity index (χ1n) is 9.38. The van der Waals surface area contributed by atoms with Gasteiger partial charge < -0.3 is 14.6 Å². The number of para-hydroxylation sites is 3. The van der Waals surface area contributed by atoms with E-state index in [1.165, 1.54) is 24.5 Å². The Morgan fingerprint density at radius 3 is 2.62 bits per heavy atom. The zero-order valence-corrected chi connectivity index (χ0v) is 18.4. The summed E-state index contributed by atoms with van der Waals surface area (Å²) in [7, 11) is -2.64. The molecule has 4 aromatic rings. The van der Waals surface area contributed by atoms with Crippen molar-refractivity contribution in [2.45, 2.75) is 11.5 Å². The third-order valence-electron chi connectivity index (χ3n) is 4.51. The third kappa shape index (κ3) is 4.51. The summed E-state index contributed by atoms with van der Waals surface area (Å²) in [6, 6.07) is 17.4. The van der Waals surface area contributed by atoms with E-state index in [0.717, 1.165) is 22.3 Å². The minimum absolute atomic E-state index is 0.103. The number of aromatic nitrogens is 1. The van der Waals surface area contributed by atoms with Crippen LogP contribution in [0, 0.1) is 0 Å². The average molecular weight is 471 g/mol. The number of phenolic OH excluding ortho intramolecular Hbond substituents is 1. The first-order chi connectivity index (χ1) is 15.4. The highest BCUT2D eigenvalue weighted by molar-refractivity contribution is 7.92. The lowest BCUT2D eigenvalue weighted by Crippen LogP contribution is -2.15. The molecule has 0 aliphatic rings. The SMILES string of the molecule is COc1ccccc1NS(=O)(=O)c1ccc(O)c(C(=O)OCc2nc3ccccc3s2)c1. The molecule has 0 spiro atoms. The number of nitrogens with zero attached hydrogens (tertiary/aromatic N) is 1. The van der Waals surface area contributed by atoms with E-state index in [1.807, 2.05) is 24.3 Å². The lowest BCUT2D eigenvalue weighted by molar-refractivity contribution is 0.0469. The van der Waals surface area contributed by atoms with Crippen LogP contribution in [0.15, 0.2) is 71.6 Å². The van der Waals surface area contributed by atoms with Gasteiger partial charge >= 0.3 is 5.97 Å². The monoisotopic (exact) mass is 470 g/mol. The minimum Gasteiger partial charge on any atom is -0.507 e. The molecule has 1 heterocycles. The number of carbonyl (C=O) groups excluding carboxylic acids is 1. The first-order valence-corrected chi connectivity index (χ1v) is 11.7. The zero-order chi connectivity index (χ0) is 22.7. The van der Waals surface area contributed by atoms with Crippen LogP contribution in [0.25, 0.3) is 10.2 Å². The van der Waals surface area contributed by atoms with E-state index in [9.17, 15) is 18.3 Å². The Balaban J connectivity index is 1.54. The summed E-state index contributed by atoms with van der Waals surface area (Å²) in [5.74, 6) is -0.919. The number of rotatable bonds is 7. The molecule has 0 aliphatic heterocycles. The number of ether oxygens (including phenoxy) is 2. The molecule has 1 aromatic heterocycles. The number of thiazole rings is 1. The Labute approximate surface area is 188 Å². The fourth-order valence-corrected chi connectivity index (χ4v) is 4.94. The lowest BCUT2D eigenvalue weighted by atomic mass is 10.2. The Kier molecular flexibility index (Phi) is 5.97. The molecule has 0 unspecified atom stereocenters. The fraction of sp³-hybridized carbons (Fsp3) is 0.0909. The molecule has 32 heavy (non-hydrogen) atoms. The van der Waals surface area contributed by atoms with Gasteiger partial charge in [-0.3, -0.25) is 4.72 Å². The molecule has 10 heteroatoms. The van der Waals surface area contributed by atoms with Crippen molar-refractivity contribution in [2.24, 2.45) is 0 Å². The second-order valence-corrected chi connectivity index (χ2v) is 9.43. The van der Waals surface area contributed by atoms with Crippen LogP contribution in [-0.2, 0) is 21.4 Å². The van der Waals surface area contributed by atoms with Gasteiger partial charge in [-0.15, -0.1) is 11.3 Å². The topological polar surface area (TPSA) is 115 Å². The molecule has 0 fully saturated rings. The number of aromatic hydroxyl groups is 1. The number of hydrogen-bond donors (Lipinski definition) is 2. The van der Waals surface area contributed by atoms with Gasteiger partial charge in [-0.1, -0.05) is 24.3 Å². The van der Waals surface area contributed by atoms with Gasteiger partial charge in [0.15, 0.2) is 0 Å². The lowest BCUT2D eigenvalue weighted by Gasteiger charge is -2.12. The van der Waals surface area contributed by atoms with Crippen LogP contribution < -0.4 is 9.46 Å². The average Bonchev–Trinajstić information content (AvgIpc) is 3.21. The van der Waals surface area contributed by atoms with Crippen LogP contribution in [-0.4, -0.2) is 31.6 Å². The molecule has 8 nitrogen and oxygen atoms in total. The summed E-state index contributed by atoms with van der Waals surface area (Å²) < 4.78 is 39.4. The number of methoxy groups -OCH3 is 1. The predicted octanol–water partition coefficient (Wildman–Crippen LogP) is 4.17. The smallest absolute Gasteiger partial charge is 0.342 e. The van der Waals surface area contributed by atoms with Crippen LogP contribution in [0.5, 0.6) is 11.5 Å². The summed E-state index contributed by atoms with van der Waals surface area (Å²) in [5, 5.41) is 10.7. The van der Waals surface area contributed by atoms with E-state index in [0.29, 0.717) is 10.8 Å². The van der Waals surface area contributed by atoms with Gasteiger partial charge in [0.25, 0.3) is 10.0 Å². The molecular weight excluding hydrogens is 452 g/mol. The van der Waals surface area contributed by atoms with E-state index in [4.69, 9.17) is 9.47 Å². The van der Waals surface area contributed by atoms with Crippen molar-refractivity contribution in [3.05, 3.63) is 77.3 Å². The van der Waals surface area contributed by atoms with E-state index in [1.54, 1.807) is 24.3 Å². The van der Waals surface area contributed by atoms with Crippen LogP contribution in [0.1, 0.15) is 15.4 Å². The van der Waals surface area contributed by atoms with Crippen LogP contribution in [0.4, 0.5) is 5.69 Å². The molecule has 0 amide bonds. The summed E-state index contributed by atoms with van der Waals surface area (Å²) in [6.45, 7) is -0.103. The van der Waals surface area contributed by atoms with Gasteiger partial charge in [0.1, 0.15) is 28.7 Å². The van der Waals surface area contributed by atoms with E-state index < -0.39 is 21.7 Å². The summed E-state index contributed by atoms with van der Waals surface area (Å²) in [4.78, 5) is 16.7. The normalized spacial score (nSPS) is 11.3. The van der Waals surface area contributed by atoms with Gasteiger partial charge in [0.2, 0.25) is 0 Å². The van der Waals surface area contributed by atoms with Gasteiger partial charge in [-0.2, -0.15) is 0 Å².